The summed E-state index contributed by atoms with van der Waals surface area (Å²) in [4.78, 5) is 25.1. The van der Waals surface area contributed by atoms with Crippen LogP contribution < -0.4 is 10.1 Å². The van der Waals surface area contributed by atoms with Crippen LogP contribution in [0, 0.1) is 0 Å². The molecule has 0 spiro atoms. The lowest BCUT2D eigenvalue weighted by atomic mass is 9.92. The van der Waals surface area contributed by atoms with E-state index in [1.807, 2.05) is 60.7 Å². The molecule has 0 bridgehead atoms. The Balaban J connectivity index is 1.28. The smallest absolute Gasteiger partial charge is 0.356 e. The Kier molecular flexibility index (Phi) is 9.76. The number of hydrogen-bond acceptors (Lipinski definition) is 7. The normalized spacial score (nSPS) is 16.8. The van der Waals surface area contributed by atoms with Crippen LogP contribution in [0.2, 0.25) is 0 Å². The molecule has 1 aromatic heterocycles. The molecule has 1 saturated carbocycles. The molecule has 11 heteroatoms. The van der Waals surface area contributed by atoms with E-state index in [1.54, 1.807) is 18.2 Å². The minimum Gasteiger partial charge on any atom is -0.476 e. The predicted molar refractivity (Wildman–Crippen MR) is 164 cm³/mol. The highest BCUT2D eigenvalue weighted by molar-refractivity contribution is 7.90. The zero-order chi connectivity index (χ0) is 31.1. The summed E-state index contributed by atoms with van der Waals surface area (Å²) in [5.41, 5.74) is 3.02. The van der Waals surface area contributed by atoms with Gasteiger partial charge in [0, 0.05) is 12.3 Å². The Bertz CT molecular complexity index is 1720. The molecule has 1 aliphatic rings. The van der Waals surface area contributed by atoms with Gasteiger partial charge in [-0.3, -0.25) is 4.79 Å². The summed E-state index contributed by atoms with van der Waals surface area (Å²) < 4.78 is 37.7. The molecular formula is C33H35N3O7S. The van der Waals surface area contributed by atoms with Gasteiger partial charge in [-0.2, -0.15) is 5.10 Å². The first-order chi connectivity index (χ1) is 21.2. The van der Waals surface area contributed by atoms with E-state index in [0.29, 0.717) is 12.2 Å². The molecule has 0 radical (unpaired) electrons. The van der Waals surface area contributed by atoms with Gasteiger partial charge in [-0.05, 0) is 47.2 Å². The summed E-state index contributed by atoms with van der Waals surface area (Å²) in [7, 11) is -3.40. The maximum absolute atomic E-state index is 13.2. The number of ether oxygens (including phenoxy) is 2. The zero-order valence-corrected chi connectivity index (χ0v) is 25.2. The number of aromatic nitrogens is 2. The molecule has 0 saturated heterocycles. The first kappa shape index (κ1) is 31.0. The minimum atomic E-state index is -3.40. The van der Waals surface area contributed by atoms with E-state index in [-0.39, 0.29) is 47.7 Å². The Morgan fingerprint density at radius 1 is 0.955 bits per heavy atom. The summed E-state index contributed by atoms with van der Waals surface area (Å²) in [6, 6.07) is 25.0. The van der Waals surface area contributed by atoms with Crippen molar-refractivity contribution < 1.29 is 32.6 Å². The molecule has 0 aliphatic heterocycles. The van der Waals surface area contributed by atoms with Gasteiger partial charge in [-0.1, -0.05) is 79.6 Å². The number of aromatic carboxylic acids is 1. The molecule has 1 heterocycles. The van der Waals surface area contributed by atoms with E-state index in [4.69, 9.17) is 9.47 Å². The highest BCUT2D eigenvalue weighted by Crippen LogP contribution is 2.28. The van der Waals surface area contributed by atoms with Crippen molar-refractivity contribution in [2.45, 2.75) is 62.5 Å². The fraction of sp³-hybridized carbons (Fsp3) is 0.303. The number of hydrogen-bond donors (Lipinski definition) is 2. The largest absolute Gasteiger partial charge is 0.476 e. The van der Waals surface area contributed by atoms with E-state index in [0.717, 1.165) is 48.6 Å². The third kappa shape index (κ3) is 7.91. The van der Waals surface area contributed by atoms with Gasteiger partial charge in [0.25, 0.3) is 0 Å². The van der Waals surface area contributed by atoms with Crippen molar-refractivity contribution in [3.05, 3.63) is 102 Å². The average molecular weight is 618 g/mol. The third-order valence-corrected chi connectivity index (χ3v) is 8.69. The van der Waals surface area contributed by atoms with Gasteiger partial charge < -0.3 is 19.9 Å². The number of benzene rings is 3. The van der Waals surface area contributed by atoms with Crippen LogP contribution in [0.25, 0.3) is 11.1 Å². The standard InChI is InChI=1S/C33H35N3O7S/c1-44(40,41)26-14-9-13-24(18-26)27-15-6-5-12-25(27)22-43-32-19-29(33(38)39)35-36(32)20-31(37)34-28-16-7-8-17-30(28)42-21-23-10-3-2-4-11-23/h2-6,9-15,18-19,28,30H,7-8,16-17,20-22H2,1H3,(H,34,37)(H,38,39)/t28-,30-/m0/s1. The van der Waals surface area contributed by atoms with E-state index in [1.165, 1.54) is 10.7 Å². The Labute approximate surface area is 256 Å². The summed E-state index contributed by atoms with van der Waals surface area (Å²) in [5, 5.41) is 16.7. The second-order valence-corrected chi connectivity index (χ2v) is 12.9. The predicted octanol–water partition coefficient (Wildman–Crippen LogP) is 4.88. The molecule has 230 valence electrons. The molecule has 1 fully saturated rings. The van der Waals surface area contributed by atoms with Crippen LogP contribution in [-0.2, 0) is 39.1 Å². The molecule has 2 atom stereocenters. The number of carbonyl (C=O) groups excluding carboxylic acids is 1. The van der Waals surface area contributed by atoms with E-state index >= 15 is 0 Å². The third-order valence-electron chi connectivity index (χ3n) is 7.58. The molecular weight excluding hydrogens is 582 g/mol. The Hall–Kier alpha value is -4.48. The quantitative estimate of drug-likeness (QED) is 0.230. The molecule has 3 aromatic carbocycles. The lowest BCUT2D eigenvalue weighted by Crippen LogP contribution is -2.47. The first-order valence-electron chi connectivity index (χ1n) is 14.4. The second-order valence-electron chi connectivity index (χ2n) is 10.9. The summed E-state index contributed by atoms with van der Waals surface area (Å²) in [6.45, 7) is 0.253. The molecule has 2 N–H and O–H groups in total. The van der Waals surface area contributed by atoms with Crippen molar-refractivity contribution >= 4 is 21.7 Å². The Morgan fingerprint density at radius 2 is 1.70 bits per heavy atom. The van der Waals surface area contributed by atoms with Crippen molar-refractivity contribution in [2.75, 3.05) is 6.26 Å². The summed E-state index contributed by atoms with van der Waals surface area (Å²) in [5.74, 6) is -1.44. The Morgan fingerprint density at radius 3 is 2.48 bits per heavy atom. The number of sulfone groups is 1. The number of rotatable bonds is 12. The molecule has 0 unspecified atom stereocenters. The molecule has 1 amide bonds. The van der Waals surface area contributed by atoms with E-state index < -0.39 is 15.8 Å². The van der Waals surface area contributed by atoms with E-state index in [9.17, 15) is 23.1 Å². The van der Waals surface area contributed by atoms with Crippen molar-refractivity contribution in [1.29, 1.82) is 0 Å². The maximum Gasteiger partial charge on any atom is 0.356 e. The first-order valence-corrected chi connectivity index (χ1v) is 16.3. The maximum atomic E-state index is 13.2. The second kappa shape index (κ2) is 13.9. The molecule has 44 heavy (non-hydrogen) atoms. The van der Waals surface area contributed by atoms with Crippen LogP contribution in [0.4, 0.5) is 0 Å². The van der Waals surface area contributed by atoms with Crippen molar-refractivity contribution in [2.24, 2.45) is 0 Å². The van der Waals surface area contributed by atoms with Crippen LogP contribution in [0.15, 0.2) is 89.8 Å². The number of nitrogens with one attached hydrogen (secondary N) is 1. The van der Waals surface area contributed by atoms with Gasteiger partial charge in [-0.25, -0.2) is 17.9 Å². The molecule has 10 nitrogen and oxygen atoms in total. The van der Waals surface area contributed by atoms with Crippen molar-refractivity contribution in [1.82, 2.24) is 15.1 Å². The fourth-order valence-corrected chi connectivity index (χ4v) is 6.00. The SMILES string of the molecule is CS(=O)(=O)c1cccc(-c2ccccc2COc2cc(C(=O)O)nn2CC(=O)N[C@H]2CCCC[C@@H]2OCc2ccccc2)c1. The molecule has 5 rings (SSSR count). The van der Waals surface area contributed by atoms with Gasteiger partial charge in [0.15, 0.2) is 15.5 Å². The lowest BCUT2D eigenvalue weighted by molar-refractivity contribution is -0.124. The number of carboxylic acids is 1. The van der Waals surface area contributed by atoms with Crippen LogP contribution >= 0.6 is 0 Å². The van der Waals surface area contributed by atoms with Crippen LogP contribution in [0.3, 0.4) is 0 Å². The highest BCUT2D eigenvalue weighted by Gasteiger charge is 2.28. The van der Waals surface area contributed by atoms with Gasteiger partial charge in [0.05, 0.1) is 23.6 Å². The monoisotopic (exact) mass is 617 g/mol. The van der Waals surface area contributed by atoms with Gasteiger partial charge in [0.1, 0.15) is 13.2 Å². The number of carboxylic acid groups (broad SMARTS) is 1. The fourth-order valence-electron chi connectivity index (χ4n) is 5.33. The topological polar surface area (TPSA) is 137 Å². The molecule has 1 aliphatic carbocycles. The highest BCUT2D eigenvalue weighted by atomic mass is 32.2. The average Bonchev–Trinajstić information content (AvgIpc) is 3.42. The van der Waals surface area contributed by atoms with Gasteiger partial charge >= 0.3 is 5.97 Å². The minimum absolute atomic E-state index is 0.0314. The van der Waals surface area contributed by atoms with Crippen molar-refractivity contribution in [3.63, 3.8) is 0 Å². The van der Waals surface area contributed by atoms with Gasteiger partial charge in [0.2, 0.25) is 11.8 Å². The zero-order valence-electron chi connectivity index (χ0n) is 24.4. The van der Waals surface area contributed by atoms with Gasteiger partial charge in [-0.15, -0.1) is 0 Å². The van der Waals surface area contributed by atoms with Crippen LogP contribution in [-0.4, -0.2) is 53.6 Å². The number of nitrogens with zero attached hydrogens (tertiary/aromatic N) is 2. The lowest BCUT2D eigenvalue weighted by Gasteiger charge is -2.32. The van der Waals surface area contributed by atoms with Crippen LogP contribution in [0.5, 0.6) is 5.88 Å². The number of amides is 1. The molecule has 4 aromatic rings. The summed E-state index contributed by atoms with van der Waals surface area (Å²) in [6.07, 6.45) is 4.64. The van der Waals surface area contributed by atoms with Crippen LogP contribution in [0.1, 0.15) is 47.3 Å². The number of carbonyl (C=O) groups is 2. The van der Waals surface area contributed by atoms with Crippen molar-refractivity contribution in [3.8, 4) is 17.0 Å². The summed E-state index contributed by atoms with van der Waals surface area (Å²) >= 11 is 0. The van der Waals surface area contributed by atoms with E-state index in [2.05, 4.69) is 10.4 Å².